The lowest BCUT2D eigenvalue weighted by Gasteiger charge is -2.22. The van der Waals surface area contributed by atoms with Crippen LogP contribution < -0.4 is 14.4 Å². The molecule has 1 saturated heterocycles. The molecule has 0 spiro atoms. The smallest absolute Gasteiger partial charge is 0.321 e. The topological polar surface area (TPSA) is 80.7 Å². The van der Waals surface area contributed by atoms with E-state index in [0.717, 1.165) is 18.8 Å². The summed E-state index contributed by atoms with van der Waals surface area (Å²) >= 11 is 1.43. The van der Waals surface area contributed by atoms with Crippen molar-refractivity contribution in [2.75, 3.05) is 45.3 Å². The van der Waals surface area contributed by atoms with Gasteiger partial charge in [0.2, 0.25) is 5.88 Å². The predicted molar refractivity (Wildman–Crippen MR) is 90.0 cm³/mol. The van der Waals surface area contributed by atoms with Crippen LogP contribution in [0.25, 0.3) is 0 Å². The van der Waals surface area contributed by atoms with Crippen LogP contribution in [0.3, 0.4) is 0 Å². The number of hydrogen-bond acceptors (Lipinski definition) is 8. The number of aromatic nitrogens is 3. The van der Waals surface area contributed by atoms with Crippen molar-refractivity contribution in [2.45, 2.75) is 6.42 Å². The van der Waals surface area contributed by atoms with E-state index in [0.29, 0.717) is 31.2 Å². The van der Waals surface area contributed by atoms with Gasteiger partial charge in [0.05, 0.1) is 19.7 Å². The van der Waals surface area contributed by atoms with E-state index >= 15 is 0 Å². The zero-order chi connectivity index (χ0) is 16.9. The molecular formula is C15H19N5O3S. The first-order valence-corrected chi connectivity index (χ1v) is 8.55. The van der Waals surface area contributed by atoms with Crippen molar-refractivity contribution in [1.82, 2.24) is 19.9 Å². The minimum atomic E-state index is -0.0176. The minimum Gasteiger partial charge on any atom is -0.481 e. The van der Waals surface area contributed by atoms with Gasteiger partial charge in [0.25, 0.3) is 5.91 Å². The zero-order valence-electron chi connectivity index (χ0n) is 13.6. The van der Waals surface area contributed by atoms with E-state index in [1.54, 1.807) is 24.1 Å². The molecule has 128 valence electrons. The molecule has 1 aliphatic rings. The Hall–Kier alpha value is -2.42. The summed E-state index contributed by atoms with van der Waals surface area (Å²) in [5, 5.41) is 1.78. The lowest BCUT2D eigenvalue weighted by Crippen LogP contribution is -2.35. The summed E-state index contributed by atoms with van der Waals surface area (Å²) in [4.78, 5) is 29.0. The molecule has 1 aliphatic heterocycles. The van der Waals surface area contributed by atoms with Gasteiger partial charge in [0, 0.05) is 37.6 Å². The van der Waals surface area contributed by atoms with Gasteiger partial charge in [-0.1, -0.05) is 0 Å². The molecular weight excluding hydrogens is 330 g/mol. The SMILES string of the molecule is COc1cc(N2CCCN(C(=O)c3cscn3)CC2)nc(OC)n1. The number of rotatable bonds is 4. The van der Waals surface area contributed by atoms with Crippen molar-refractivity contribution >= 4 is 23.1 Å². The number of amides is 1. The fourth-order valence-electron chi connectivity index (χ4n) is 2.58. The van der Waals surface area contributed by atoms with Gasteiger partial charge in [0.1, 0.15) is 11.5 Å². The number of anilines is 1. The maximum Gasteiger partial charge on any atom is 0.321 e. The molecule has 24 heavy (non-hydrogen) atoms. The molecule has 2 aromatic rings. The first-order valence-electron chi connectivity index (χ1n) is 7.60. The van der Waals surface area contributed by atoms with Crippen LogP contribution in [0.1, 0.15) is 16.9 Å². The van der Waals surface area contributed by atoms with Crippen LogP contribution in [0.2, 0.25) is 0 Å². The van der Waals surface area contributed by atoms with E-state index in [-0.39, 0.29) is 11.9 Å². The largest absolute Gasteiger partial charge is 0.481 e. The van der Waals surface area contributed by atoms with Crippen molar-refractivity contribution in [3.63, 3.8) is 0 Å². The quantitative estimate of drug-likeness (QED) is 0.823. The van der Waals surface area contributed by atoms with Crippen LogP contribution >= 0.6 is 11.3 Å². The highest BCUT2D eigenvalue weighted by Gasteiger charge is 2.22. The summed E-state index contributed by atoms with van der Waals surface area (Å²) in [6.45, 7) is 2.79. The highest BCUT2D eigenvalue weighted by atomic mass is 32.1. The van der Waals surface area contributed by atoms with Gasteiger partial charge in [-0.2, -0.15) is 9.97 Å². The molecule has 9 heteroatoms. The third-order valence-electron chi connectivity index (χ3n) is 3.82. The molecule has 0 atom stereocenters. The summed E-state index contributed by atoms with van der Waals surface area (Å²) in [5.74, 6) is 1.18. The van der Waals surface area contributed by atoms with E-state index < -0.39 is 0 Å². The average Bonchev–Trinajstić information content (AvgIpc) is 3.05. The Balaban J connectivity index is 1.72. The van der Waals surface area contributed by atoms with Crippen LogP contribution in [0.15, 0.2) is 17.0 Å². The van der Waals surface area contributed by atoms with Crippen molar-refractivity contribution < 1.29 is 14.3 Å². The first-order chi connectivity index (χ1) is 11.7. The van der Waals surface area contributed by atoms with Crippen molar-refractivity contribution in [1.29, 1.82) is 0 Å². The second-order valence-electron chi connectivity index (χ2n) is 5.26. The molecule has 0 unspecified atom stereocenters. The van der Waals surface area contributed by atoms with Gasteiger partial charge < -0.3 is 19.3 Å². The second kappa shape index (κ2) is 7.43. The van der Waals surface area contributed by atoms with E-state index in [1.807, 2.05) is 4.90 Å². The van der Waals surface area contributed by atoms with Gasteiger partial charge in [-0.3, -0.25) is 4.79 Å². The van der Waals surface area contributed by atoms with Gasteiger partial charge >= 0.3 is 6.01 Å². The number of nitrogens with zero attached hydrogens (tertiary/aromatic N) is 5. The first kappa shape index (κ1) is 16.4. The van der Waals surface area contributed by atoms with Crippen molar-refractivity contribution in [3.8, 4) is 11.9 Å². The molecule has 1 amide bonds. The van der Waals surface area contributed by atoms with Crippen LogP contribution in [0, 0.1) is 0 Å². The molecule has 0 radical (unpaired) electrons. The summed E-state index contributed by atoms with van der Waals surface area (Å²) in [6, 6.07) is 2.05. The van der Waals surface area contributed by atoms with Crippen LogP contribution in [0.4, 0.5) is 5.82 Å². The molecule has 2 aromatic heterocycles. The van der Waals surface area contributed by atoms with Gasteiger partial charge in [-0.15, -0.1) is 11.3 Å². The van der Waals surface area contributed by atoms with Gasteiger partial charge in [-0.05, 0) is 6.42 Å². The Labute approximate surface area is 144 Å². The normalized spacial score (nSPS) is 15.1. The number of ether oxygens (including phenoxy) is 2. The third-order valence-corrected chi connectivity index (χ3v) is 4.41. The minimum absolute atomic E-state index is 0.0176. The molecule has 0 aliphatic carbocycles. The third kappa shape index (κ3) is 3.56. The van der Waals surface area contributed by atoms with E-state index in [1.165, 1.54) is 18.4 Å². The zero-order valence-corrected chi connectivity index (χ0v) is 14.5. The van der Waals surface area contributed by atoms with E-state index in [4.69, 9.17) is 9.47 Å². The maximum absolute atomic E-state index is 12.4. The number of thiazole rings is 1. The molecule has 0 saturated carbocycles. The summed E-state index contributed by atoms with van der Waals surface area (Å²) < 4.78 is 10.3. The molecule has 0 aromatic carbocycles. The number of methoxy groups -OCH3 is 2. The Kier molecular flexibility index (Phi) is 5.09. The maximum atomic E-state index is 12.4. The fourth-order valence-corrected chi connectivity index (χ4v) is 3.11. The predicted octanol–water partition coefficient (Wildman–Crippen LogP) is 1.30. The average molecular weight is 349 g/mol. The monoisotopic (exact) mass is 349 g/mol. The fraction of sp³-hybridized carbons (Fsp3) is 0.467. The molecule has 8 nitrogen and oxygen atoms in total. The van der Waals surface area contributed by atoms with E-state index in [9.17, 15) is 4.79 Å². The molecule has 1 fully saturated rings. The number of carbonyl (C=O) groups excluding carboxylic acids is 1. The Morgan fingerprint density at radius 2 is 2.04 bits per heavy atom. The lowest BCUT2D eigenvalue weighted by molar-refractivity contribution is 0.0762. The van der Waals surface area contributed by atoms with Crippen LogP contribution in [0.5, 0.6) is 11.9 Å². The molecule has 0 N–H and O–H groups in total. The number of hydrogen-bond donors (Lipinski definition) is 0. The summed E-state index contributed by atoms with van der Waals surface area (Å²) in [5.41, 5.74) is 2.19. The van der Waals surface area contributed by atoms with Crippen molar-refractivity contribution in [3.05, 3.63) is 22.7 Å². The Bertz CT molecular complexity index is 672. The highest BCUT2D eigenvalue weighted by molar-refractivity contribution is 7.07. The van der Waals surface area contributed by atoms with Gasteiger partial charge in [-0.25, -0.2) is 4.98 Å². The lowest BCUT2D eigenvalue weighted by atomic mass is 10.3. The molecule has 0 bridgehead atoms. The highest BCUT2D eigenvalue weighted by Crippen LogP contribution is 2.22. The Morgan fingerprint density at radius 3 is 2.75 bits per heavy atom. The molecule has 3 rings (SSSR count). The summed E-state index contributed by atoms with van der Waals surface area (Å²) in [7, 11) is 3.08. The standard InChI is InChI=1S/C15H19N5O3S/c1-22-13-8-12(17-15(18-13)23-2)19-4-3-5-20(7-6-19)14(21)11-9-24-10-16-11/h8-10H,3-7H2,1-2H3. The number of carbonyl (C=O) groups is 1. The molecule has 3 heterocycles. The van der Waals surface area contributed by atoms with Gasteiger partial charge in [0.15, 0.2) is 0 Å². The summed E-state index contributed by atoms with van der Waals surface area (Å²) in [6.07, 6.45) is 0.852. The van der Waals surface area contributed by atoms with Crippen molar-refractivity contribution in [2.24, 2.45) is 0 Å². The van der Waals surface area contributed by atoms with E-state index in [2.05, 4.69) is 19.9 Å². The Morgan fingerprint density at radius 1 is 1.17 bits per heavy atom. The second-order valence-corrected chi connectivity index (χ2v) is 5.98. The van der Waals surface area contributed by atoms with Crippen LogP contribution in [-0.2, 0) is 0 Å². The van der Waals surface area contributed by atoms with Crippen LogP contribution in [-0.4, -0.2) is 66.2 Å².